The first-order chi connectivity index (χ1) is 9.19. The summed E-state index contributed by atoms with van der Waals surface area (Å²) in [4.78, 5) is 12.1. The molecule has 0 aromatic heterocycles. The van der Waals surface area contributed by atoms with Crippen molar-refractivity contribution in [1.82, 2.24) is 0 Å². The van der Waals surface area contributed by atoms with Crippen molar-refractivity contribution in [1.29, 1.82) is 0 Å². The van der Waals surface area contributed by atoms with Crippen LogP contribution in [0.5, 0.6) is 5.75 Å². The van der Waals surface area contributed by atoms with Crippen molar-refractivity contribution < 1.29 is 13.9 Å². The molecule has 1 aliphatic rings. The Balaban J connectivity index is 2.04. The summed E-state index contributed by atoms with van der Waals surface area (Å²) in [6, 6.07) is 11.9. The van der Waals surface area contributed by atoms with Gasteiger partial charge in [-0.05, 0) is 35.4 Å². The molecule has 2 aromatic carbocycles. The van der Waals surface area contributed by atoms with Gasteiger partial charge in [-0.15, -0.1) is 0 Å². The molecule has 0 radical (unpaired) electrons. The molecule has 96 valence electrons. The maximum Gasteiger partial charge on any atom is 0.164 e. The number of ether oxygens (including phenoxy) is 1. The lowest BCUT2D eigenvalue weighted by molar-refractivity contribution is 0.0991. The molecular formula is C16H13FO2. The number of hydrogen-bond donors (Lipinski definition) is 0. The average molecular weight is 256 g/mol. The van der Waals surface area contributed by atoms with E-state index in [0.29, 0.717) is 17.7 Å². The molecule has 1 aliphatic carbocycles. The van der Waals surface area contributed by atoms with Crippen molar-refractivity contribution in [2.45, 2.75) is 12.3 Å². The van der Waals surface area contributed by atoms with Gasteiger partial charge in [0.25, 0.3) is 0 Å². The van der Waals surface area contributed by atoms with Gasteiger partial charge in [-0.3, -0.25) is 4.79 Å². The van der Waals surface area contributed by atoms with Crippen molar-refractivity contribution in [2.24, 2.45) is 0 Å². The number of methoxy groups -OCH3 is 1. The molecule has 1 atom stereocenters. The van der Waals surface area contributed by atoms with Crippen LogP contribution in [0.15, 0.2) is 42.5 Å². The van der Waals surface area contributed by atoms with Crippen LogP contribution in [0.4, 0.5) is 4.39 Å². The summed E-state index contributed by atoms with van der Waals surface area (Å²) in [6.07, 6.45) is 0.439. The van der Waals surface area contributed by atoms with E-state index in [9.17, 15) is 9.18 Å². The van der Waals surface area contributed by atoms with Crippen molar-refractivity contribution in [2.75, 3.05) is 7.11 Å². The normalized spacial score (nSPS) is 17.4. The lowest BCUT2D eigenvalue weighted by Crippen LogP contribution is -1.96. The predicted molar refractivity (Wildman–Crippen MR) is 70.2 cm³/mol. The highest BCUT2D eigenvalue weighted by Gasteiger charge is 2.30. The molecule has 2 aromatic rings. The first-order valence-electron chi connectivity index (χ1n) is 6.15. The topological polar surface area (TPSA) is 26.3 Å². The molecule has 0 N–H and O–H groups in total. The number of rotatable bonds is 2. The van der Waals surface area contributed by atoms with Crippen LogP contribution in [0.25, 0.3) is 0 Å². The molecule has 0 amide bonds. The number of fused-ring (bicyclic) bond motifs is 1. The Kier molecular flexibility index (Phi) is 2.82. The lowest BCUT2D eigenvalue weighted by Gasteiger charge is -2.11. The van der Waals surface area contributed by atoms with Gasteiger partial charge in [0.05, 0.1) is 7.11 Å². The van der Waals surface area contributed by atoms with E-state index in [1.165, 1.54) is 12.1 Å². The fraction of sp³-hybridized carbons (Fsp3) is 0.188. The first kappa shape index (κ1) is 11.9. The number of carbonyl (C=O) groups excluding carboxylic acids is 1. The Hall–Kier alpha value is -2.16. The molecule has 0 aliphatic heterocycles. The second-order valence-electron chi connectivity index (χ2n) is 4.68. The van der Waals surface area contributed by atoms with Gasteiger partial charge in [0.2, 0.25) is 0 Å². The molecule has 19 heavy (non-hydrogen) atoms. The molecule has 2 nitrogen and oxygen atoms in total. The second kappa shape index (κ2) is 4.50. The summed E-state index contributed by atoms with van der Waals surface area (Å²) in [5.41, 5.74) is 2.68. The second-order valence-corrected chi connectivity index (χ2v) is 4.68. The summed E-state index contributed by atoms with van der Waals surface area (Å²) in [5, 5.41) is 0. The monoisotopic (exact) mass is 256 g/mol. The maximum absolute atomic E-state index is 13.0. The van der Waals surface area contributed by atoms with E-state index in [0.717, 1.165) is 11.1 Å². The van der Waals surface area contributed by atoms with E-state index < -0.39 is 0 Å². The van der Waals surface area contributed by atoms with E-state index in [1.807, 2.05) is 12.1 Å². The lowest BCUT2D eigenvalue weighted by atomic mass is 9.93. The van der Waals surface area contributed by atoms with E-state index >= 15 is 0 Å². The smallest absolute Gasteiger partial charge is 0.164 e. The van der Waals surface area contributed by atoms with Gasteiger partial charge >= 0.3 is 0 Å². The number of halogens is 1. The Morgan fingerprint density at radius 3 is 2.58 bits per heavy atom. The molecule has 0 heterocycles. The molecule has 3 heteroatoms. The van der Waals surface area contributed by atoms with Crippen molar-refractivity contribution in [3.63, 3.8) is 0 Å². The molecule has 0 bridgehead atoms. The third-order valence-electron chi connectivity index (χ3n) is 3.60. The van der Waals surface area contributed by atoms with Crippen LogP contribution in [0.2, 0.25) is 0 Å². The third-order valence-corrected chi connectivity index (χ3v) is 3.60. The van der Waals surface area contributed by atoms with Gasteiger partial charge in [0.1, 0.15) is 11.6 Å². The summed E-state index contributed by atoms with van der Waals surface area (Å²) < 4.78 is 18.1. The highest BCUT2D eigenvalue weighted by Crippen LogP contribution is 2.39. The average Bonchev–Trinajstić information content (AvgIpc) is 2.76. The van der Waals surface area contributed by atoms with E-state index in [-0.39, 0.29) is 17.5 Å². The van der Waals surface area contributed by atoms with Crippen LogP contribution in [0.3, 0.4) is 0 Å². The molecule has 0 saturated heterocycles. The third kappa shape index (κ3) is 2.01. The molecule has 3 rings (SSSR count). The highest BCUT2D eigenvalue weighted by atomic mass is 19.1. The van der Waals surface area contributed by atoms with Crippen molar-refractivity contribution >= 4 is 5.78 Å². The molecule has 0 unspecified atom stereocenters. The number of Topliss-reactive ketones (excluding diaryl/α,β-unsaturated/α-hetero) is 1. The zero-order valence-electron chi connectivity index (χ0n) is 10.5. The van der Waals surface area contributed by atoms with Gasteiger partial charge in [0, 0.05) is 17.9 Å². The summed E-state index contributed by atoms with van der Waals surface area (Å²) in [6.45, 7) is 0. The van der Waals surface area contributed by atoms with Crippen LogP contribution in [-0.4, -0.2) is 12.9 Å². The quantitative estimate of drug-likeness (QED) is 0.821. The van der Waals surface area contributed by atoms with E-state index in [4.69, 9.17) is 4.74 Å². The number of carbonyl (C=O) groups is 1. The molecule has 0 spiro atoms. The van der Waals surface area contributed by atoms with E-state index in [2.05, 4.69) is 0 Å². The SMILES string of the molecule is COc1ccc2c(c1)C(=O)C[C@@H]2c1ccc(F)cc1. The Morgan fingerprint density at radius 2 is 1.89 bits per heavy atom. The summed E-state index contributed by atoms with van der Waals surface area (Å²) in [5.74, 6) is 0.562. The fourth-order valence-electron chi connectivity index (χ4n) is 2.61. The summed E-state index contributed by atoms with van der Waals surface area (Å²) >= 11 is 0. The Morgan fingerprint density at radius 1 is 1.16 bits per heavy atom. The molecule has 0 fully saturated rings. The fourth-order valence-corrected chi connectivity index (χ4v) is 2.61. The van der Waals surface area contributed by atoms with Crippen LogP contribution in [-0.2, 0) is 0 Å². The maximum atomic E-state index is 13.0. The van der Waals surface area contributed by atoms with Gasteiger partial charge < -0.3 is 4.74 Å². The van der Waals surface area contributed by atoms with Crippen molar-refractivity contribution in [3.05, 3.63) is 65.0 Å². The number of ketones is 1. The van der Waals surface area contributed by atoms with Crippen molar-refractivity contribution in [3.8, 4) is 5.75 Å². The van der Waals surface area contributed by atoms with Gasteiger partial charge in [0.15, 0.2) is 5.78 Å². The van der Waals surface area contributed by atoms with Crippen LogP contribution in [0, 0.1) is 5.82 Å². The van der Waals surface area contributed by atoms with Gasteiger partial charge in [-0.1, -0.05) is 18.2 Å². The standard InChI is InChI=1S/C16H13FO2/c1-19-12-6-7-13-14(9-16(18)15(13)8-12)10-2-4-11(17)5-3-10/h2-8,14H,9H2,1H3/t14-/m1/s1. The Bertz CT molecular complexity index is 632. The van der Waals surface area contributed by atoms with Gasteiger partial charge in [-0.25, -0.2) is 4.39 Å². The summed E-state index contributed by atoms with van der Waals surface area (Å²) in [7, 11) is 1.58. The number of benzene rings is 2. The predicted octanol–water partition coefficient (Wildman–Crippen LogP) is 3.55. The minimum atomic E-state index is -0.261. The minimum Gasteiger partial charge on any atom is -0.497 e. The van der Waals surface area contributed by atoms with Crippen LogP contribution >= 0.6 is 0 Å². The van der Waals surface area contributed by atoms with Crippen LogP contribution in [0.1, 0.15) is 33.8 Å². The van der Waals surface area contributed by atoms with Gasteiger partial charge in [-0.2, -0.15) is 0 Å². The zero-order chi connectivity index (χ0) is 13.4. The number of hydrogen-bond acceptors (Lipinski definition) is 2. The Labute approximate surface area is 110 Å². The van der Waals surface area contributed by atoms with Crippen LogP contribution < -0.4 is 4.74 Å². The largest absolute Gasteiger partial charge is 0.497 e. The van der Waals surface area contributed by atoms with E-state index in [1.54, 1.807) is 25.3 Å². The first-order valence-corrected chi connectivity index (χ1v) is 6.15. The zero-order valence-corrected chi connectivity index (χ0v) is 10.5. The molecular weight excluding hydrogens is 243 g/mol. The highest BCUT2D eigenvalue weighted by molar-refractivity contribution is 6.02. The molecule has 0 saturated carbocycles. The minimum absolute atomic E-state index is 0.0222.